The Kier molecular flexibility index (Phi) is 3.99. The zero-order chi connectivity index (χ0) is 17.2. The lowest BCUT2D eigenvalue weighted by Gasteiger charge is -1.98. The summed E-state index contributed by atoms with van der Waals surface area (Å²) in [4.78, 5) is 14.8. The van der Waals surface area contributed by atoms with Crippen molar-refractivity contribution in [2.45, 2.75) is 12.8 Å². The first-order valence-corrected chi connectivity index (χ1v) is 8.65. The Labute approximate surface area is 148 Å². The quantitative estimate of drug-likeness (QED) is 0.562. The number of thiazole rings is 1. The molecule has 1 aliphatic rings. The smallest absolute Gasteiger partial charge is 0.258 e. The third kappa shape index (κ3) is 3.27. The third-order valence-electron chi connectivity index (χ3n) is 4.10. The summed E-state index contributed by atoms with van der Waals surface area (Å²) in [5, 5.41) is 17.8. The van der Waals surface area contributed by atoms with Crippen molar-refractivity contribution in [2.24, 2.45) is 5.10 Å². The molecule has 7 heteroatoms. The molecular formula is C18H14N4O2S. The van der Waals surface area contributed by atoms with Gasteiger partial charge in [0.25, 0.3) is 5.69 Å². The molecule has 3 aromatic rings. The van der Waals surface area contributed by atoms with Gasteiger partial charge >= 0.3 is 0 Å². The van der Waals surface area contributed by atoms with E-state index in [-0.39, 0.29) is 5.69 Å². The molecule has 0 fully saturated rings. The fraction of sp³-hybridized carbons (Fsp3) is 0.111. The standard InChI is InChI=1S/C18H14N4O2S/c23-22(24)16-7-5-12(6-8-16)17-11-25-18(19-17)21-20-15-9-13-3-1-2-4-14(13)10-15/h1-8,11H,9-10H2,(H,19,21). The number of nitro benzene ring substituents is 1. The van der Waals surface area contributed by atoms with Crippen molar-refractivity contribution < 1.29 is 4.92 Å². The van der Waals surface area contributed by atoms with Crippen LogP contribution in [0, 0.1) is 10.1 Å². The Bertz CT molecular complexity index is 936. The Hall–Kier alpha value is -3.06. The maximum absolute atomic E-state index is 10.7. The number of anilines is 1. The fourth-order valence-corrected chi connectivity index (χ4v) is 3.48. The highest BCUT2D eigenvalue weighted by Crippen LogP contribution is 2.27. The highest BCUT2D eigenvalue weighted by Gasteiger charge is 2.16. The molecule has 1 N–H and O–H groups in total. The molecule has 124 valence electrons. The number of fused-ring (bicyclic) bond motifs is 1. The number of nitro groups is 1. The molecule has 0 saturated carbocycles. The zero-order valence-electron chi connectivity index (χ0n) is 13.2. The Morgan fingerprint density at radius 3 is 2.40 bits per heavy atom. The highest BCUT2D eigenvalue weighted by atomic mass is 32.1. The van der Waals surface area contributed by atoms with Gasteiger partial charge < -0.3 is 0 Å². The summed E-state index contributed by atoms with van der Waals surface area (Å²) in [6, 6.07) is 14.7. The van der Waals surface area contributed by atoms with Gasteiger partial charge in [-0.1, -0.05) is 24.3 Å². The second-order valence-corrected chi connectivity index (χ2v) is 6.61. The van der Waals surface area contributed by atoms with Crippen LogP contribution in [0.15, 0.2) is 59.0 Å². The molecule has 6 nitrogen and oxygen atoms in total. The van der Waals surface area contributed by atoms with Crippen LogP contribution in [-0.4, -0.2) is 15.6 Å². The van der Waals surface area contributed by atoms with Crippen LogP contribution in [0.4, 0.5) is 10.8 Å². The van der Waals surface area contributed by atoms with Gasteiger partial charge in [-0.05, 0) is 23.3 Å². The molecule has 0 unspecified atom stereocenters. The number of benzene rings is 2. The van der Waals surface area contributed by atoms with E-state index in [1.165, 1.54) is 34.6 Å². The summed E-state index contributed by atoms with van der Waals surface area (Å²) in [6.07, 6.45) is 1.73. The van der Waals surface area contributed by atoms with Crippen molar-refractivity contribution in [3.05, 3.63) is 75.2 Å². The van der Waals surface area contributed by atoms with E-state index in [2.05, 4.69) is 27.6 Å². The van der Waals surface area contributed by atoms with Crippen molar-refractivity contribution in [3.63, 3.8) is 0 Å². The molecule has 0 spiro atoms. The molecule has 4 rings (SSSR count). The van der Waals surface area contributed by atoms with Gasteiger partial charge in [-0.25, -0.2) is 4.98 Å². The van der Waals surface area contributed by atoms with Gasteiger partial charge in [0.2, 0.25) is 5.13 Å². The van der Waals surface area contributed by atoms with Gasteiger partial charge in [0.05, 0.1) is 10.6 Å². The SMILES string of the molecule is O=[N+]([O-])c1ccc(-c2csc(NN=C3Cc4ccccc4C3)n2)cc1. The molecule has 0 saturated heterocycles. The second kappa shape index (κ2) is 6.45. The maximum atomic E-state index is 10.7. The lowest BCUT2D eigenvalue weighted by molar-refractivity contribution is -0.384. The largest absolute Gasteiger partial charge is 0.269 e. The molecule has 2 aromatic carbocycles. The molecule has 0 amide bonds. The van der Waals surface area contributed by atoms with Gasteiger partial charge in [0, 0.05) is 41.6 Å². The van der Waals surface area contributed by atoms with Crippen LogP contribution in [0.3, 0.4) is 0 Å². The van der Waals surface area contributed by atoms with Gasteiger partial charge in [-0.3, -0.25) is 15.5 Å². The number of nitrogens with zero attached hydrogens (tertiary/aromatic N) is 3. The Balaban J connectivity index is 1.45. The van der Waals surface area contributed by atoms with Gasteiger partial charge in [-0.15, -0.1) is 11.3 Å². The number of non-ortho nitro benzene ring substituents is 1. The maximum Gasteiger partial charge on any atom is 0.269 e. The van der Waals surface area contributed by atoms with Gasteiger partial charge in [-0.2, -0.15) is 5.10 Å². The number of aromatic nitrogens is 1. The minimum absolute atomic E-state index is 0.0736. The van der Waals surface area contributed by atoms with E-state index in [0.717, 1.165) is 29.8 Å². The summed E-state index contributed by atoms with van der Waals surface area (Å²) in [7, 11) is 0. The molecule has 25 heavy (non-hydrogen) atoms. The average Bonchev–Trinajstić information content (AvgIpc) is 3.26. The molecule has 0 bridgehead atoms. The first kappa shape index (κ1) is 15.5. The number of rotatable bonds is 4. The van der Waals surface area contributed by atoms with Crippen molar-refractivity contribution in [2.75, 3.05) is 5.43 Å². The highest BCUT2D eigenvalue weighted by molar-refractivity contribution is 7.14. The molecule has 0 aliphatic heterocycles. The van der Waals surface area contributed by atoms with Crippen LogP contribution in [0.2, 0.25) is 0 Å². The minimum atomic E-state index is -0.409. The summed E-state index contributed by atoms with van der Waals surface area (Å²) < 4.78 is 0. The van der Waals surface area contributed by atoms with E-state index in [9.17, 15) is 10.1 Å². The molecule has 0 radical (unpaired) electrons. The predicted octanol–water partition coefficient (Wildman–Crippen LogP) is 4.29. The summed E-state index contributed by atoms with van der Waals surface area (Å²) >= 11 is 1.46. The van der Waals surface area contributed by atoms with Crippen LogP contribution < -0.4 is 5.43 Å². The van der Waals surface area contributed by atoms with E-state index in [4.69, 9.17) is 0 Å². The van der Waals surface area contributed by atoms with E-state index in [0.29, 0.717) is 5.13 Å². The van der Waals surface area contributed by atoms with Crippen molar-refractivity contribution in [1.29, 1.82) is 0 Å². The molecular weight excluding hydrogens is 336 g/mol. The Morgan fingerprint density at radius 1 is 1.08 bits per heavy atom. The first-order valence-electron chi connectivity index (χ1n) is 7.77. The minimum Gasteiger partial charge on any atom is -0.258 e. The zero-order valence-corrected chi connectivity index (χ0v) is 14.0. The van der Waals surface area contributed by atoms with E-state index in [1.54, 1.807) is 12.1 Å². The lowest BCUT2D eigenvalue weighted by Crippen LogP contribution is -2.01. The number of hydrazone groups is 1. The second-order valence-electron chi connectivity index (χ2n) is 5.75. The van der Waals surface area contributed by atoms with Crippen LogP contribution in [0.1, 0.15) is 11.1 Å². The van der Waals surface area contributed by atoms with Crippen LogP contribution in [0.25, 0.3) is 11.3 Å². The average molecular weight is 350 g/mol. The van der Waals surface area contributed by atoms with Crippen molar-refractivity contribution >= 4 is 27.9 Å². The van der Waals surface area contributed by atoms with E-state index in [1.807, 2.05) is 17.5 Å². The van der Waals surface area contributed by atoms with Crippen LogP contribution in [0.5, 0.6) is 0 Å². The van der Waals surface area contributed by atoms with Gasteiger partial charge in [0.15, 0.2) is 0 Å². The van der Waals surface area contributed by atoms with Crippen molar-refractivity contribution in [3.8, 4) is 11.3 Å². The summed E-state index contributed by atoms with van der Waals surface area (Å²) in [6.45, 7) is 0. The topological polar surface area (TPSA) is 80.4 Å². The van der Waals surface area contributed by atoms with Gasteiger partial charge in [0.1, 0.15) is 0 Å². The summed E-state index contributed by atoms with van der Waals surface area (Å²) in [5.74, 6) is 0. The molecule has 1 aromatic heterocycles. The first-order chi connectivity index (χ1) is 12.2. The number of nitrogens with one attached hydrogen (secondary N) is 1. The third-order valence-corrected chi connectivity index (χ3v) is 4.84. The summed E-state index contributed by atoms with van der Waals surface area (Å²) in [5.41, 5.74) is 8.47. The van der Waals surface area contributed by atoms with E-state index < -0.39 is 4.92 Å². The van der Waals surface area contributed by atoms with E-state index >= 15 is 0 Å². The Morgan fingerprint density at radius 2 is 1.76 bits per heavy atom. The molecule has 1 aliphatic carbocycles. The lowest BCUT2D eigenvalue weighted by atomic mass is 10.1. The number of hydrogen-bond donors (Lipinski definition) is 1. The van der Waals surface area contributed by atoms with Crippen LogP contribution >= 0.6 is 11.3 Å². The van der Waals surface area contributed by atoms with Crippen molar-refractivity contribution in [1.82, 2.24) is 4.98 Å². The molecule has 0 atom stereocenters. The number of hydrogen-bond acceptors (Lipinski definition) is 6. The monoisotopic (exact) mass is 350 g/mol. The fourth-order valence-electron chi connectivity index (χ4n) is 2.82. The predicted molar refractivity (Wildman–Crippen MR) is 99.1 cm³/mol. The molecule has 1 heterocycles. The van der Waals surface area contributed by atoms with Crippen LogP contribution in [-0.2, 0) is 12.8 Å². The normalized spacial score (nSPS) is 12.7.